The third kappa shape index (κ3) is 3.41. The molecule has 6 nitrogen and oxygen atoms in total. The summed E-state index contributed by atoms with van der Waals surface area (Å²) in [6.45, 7) is 0. The minimum absolute atomic E-state index is 0.390. The van der Waals surface area contributed by atoms with Crippen molar-refractivity contribution < 1.29 is 23.9 Å². The van der Waals surface area contributed by atoms with Crippen LogP contribution in [0.5, 0.6) is 0 Å². The van der Waals surface area contributed by atoms with E-state index in [1.54, 1.807) is 24.3 Å². The molecule has 6 heteroatoms. The van der Waals surface area contributed by atoms with Gasteiger partial charge in [-0.3, -0.25) is 14.5 Å². The van der Waals surface area contributed by atoms with E-state index in [9.17, 15) is 14.4 Å². The topological polar surface area (TPSA) is 72.9 Å². The SMILES string of the molecule is CO[C@@H](C(=O)O[C@@H]1Cc2ccccc2[C@@H]1N1C(=O)c2cccc3cccc(c23)C1=O)c1ccccc1. The fourth-order valence-corrected chi connectivity index (χ4v) is 5.46. The van der Waals surface area contributed by atoms with Gasteiger partial charge in [0.05, 0.1) is 0 Å². The maximum Gasteiger partial charge on any atom is 0.340 e. The van der Waals surface area contributed by atoms with Gasteiger partial charge in [0.1, 0.15) is 12.1 Å². The molecule has 0 bridgehead atoms. The lowest BCUT2D eigenvalue weighted by atomic mass is 9.92. The molecule has 6 rings (SSSR count). The number of methoxy groups -OCH3 is 1. The maximum atomic E-state index is 13.8. The number of nitrogens with zero attached hydrogens (tertiary/aromatic N) is 1. The Bertz CT molecular complexity index is 1460. The smallest absolute Gasteiger partial charge is 0.340 e. The molecule has 1 heterocycles. The van der Waals surface area contributed by atoms with Gasteiger partial charge in [-0.2, -0.15) is 0 Å². The molecule has 0 fully saturated rings. The standard InChI is InChI=1S/C30H23NO5/c1-35-27(19-9-3-2-4-10-19)30(34)36-24-17-20-11-5-6-14-21(20)26(24)31-28(32)22-15-7-12-18-13-8-16-23(25(18)22)29(31)33/h2-16,24,26-27H,17H2,1H3/t24-,26+,27-/m1/s1. The average molecular weight is 478 g/mol. The Labute approximate surface area is 208 Å². The minimum Gasteiger partial charge on any atom is -0.457 e. The summed E-state index contributed by atoms with van der Waals surface area (Å²) < 4.78 is 11.5. The van der Waals surface area contributed by atoms with Crippen LogP contribution in [0.25, 0.3) is 10.8 Å². The maximum absolute atomic E-state index is 13.8. The van der Waals surface area contributed by atoms with E-state index in [1.807, 2.05) is 66.7 Å². The van der Waals surface area contributed by atoms with Crippen LogP contribution in [0.1, 0.15) is 49.6 Å². The minimum atomic E-state index is -0.919. The summed E-state index contributed by atoms with van der Waals surface area (Å²) in [7, 11) is 1.45. The predicted octanol–water partition coefficient (Wildman–Crippen LogP) is 5.03. The lowest BCUT2D eigenvalue weighted by Crippen LogP contribution is -2.46. The van der Waals surface area contributed by atoms with E-state index in [0.717, 1.165) is 16.5 Å². The summed E-state index contributed by atoms with van der Waals surface area (Å²) in [4.78, 5) is 42.1. The number of hydrogen-bond donors (Lipinski definition) is 0. The number of hydrogen-bond acceptors (Lipinski definition) is 5. The lowest BCUT2D eigenvalue weighted by Gasteiger charge is -2.35. The highest BCUT2D eigenvalue weighted by Gasteiger charge is 2.47. The zero-order chi connectivity index (χ0) is 24.8. The van der Waals surface area contributed by atoms with Crippen molar-refractivity contribution in [3.8, 4) is 0 Å². The highest BCUT2D eigenvalue weighted by molar-refractivity contribution is 6.25. The van der Waals surface area contributed by atoms with Gasteiger partial charge < -0.3 is 9.47 Å². The van der Waals surface area contributed by atoms with E-state index in [4.69, 9.17) is 9.47 Å². The Morgan fingerprint density at radius 1 is 0.833 bits per heavy atom. The molecular formula is C30H23NO5. The van der Waals surface area contributed by atoms with Crippen molar-refractivity contribution in [2.75, 3.05) is 7.11 Å². The summed E-state index contributed by atoms with van der Waals surface area (Å²) in [5, 5.41) is 1.50. The van der Waals surface area contributed by atoms with Crippen LogP contribution in [0.15, 0.2) is 91.0 Å². The van der Waals surface area contributed by atoms with Gasteiger partial charge in [0.25, 0.3) is 11.8 Å². The van der Waals surface area contributed by atoms with Crippen LogP contribution < -0.4 is 0 Å². The van der Waals surface area contributed by atoms with Gasteiger partial charge in [-0.25, -0.2) is 4.79 Å². The second-order valence-corrected chi connectivity index (χ2v) is 9.04. The van der Waals surface area contributed by atoms with Crippen LogP contribution >= 0.6 is 0 Å². The van der Waals surface area contributed by atoms with Crippen molar-refractivity contribution in [1.29, 1.82) is 0 Å². The van der Waals surface area contributed by atoms with E-state index in [1.165, 1.54) is 12.0 Å². The van der Waals surface area contributed by atoms with Gasteiger partial charge in [-0.1, -0.05) is 78.9 Å². The molecule has 3 atom stereocenters. The molecule has 2 amide bonds. The highest BCUT2D eigenvalue weighted by atomic mass is 16.6. The van der Waals surface area contributed by atoms with Gasteiger partial charge in [-0.05, 0) is 34.2 Å². The molecule has 2 aliphatic rings. The van der Waals surface area contributed by atoms with Crippen LogP contribution in [0.2, 0.25) is 0 Å². The number of benzene rings is 4. The number of carbonyl (C=O) groups excluding carboxylic acids is 3. The second kappa shape index (κ2) is 8.73. The Morgan fingerprint density at radius 3 is 2.14 bits per heavy atom. The molecule has 4 aromatic rings. The summed E-state index contributed by atoms with van der Waals surface area (Å²) in [6.07, 6.45) is -1.27. The first kappa shape index (κ1) is 22.2. The van der Waals surface area contributed by atoms with Crippen LogP contribution in [-0.4, -0.2) is 35.9 Å². The molecule has 0 saturated heterocycles. The third-order valence-electron chi connectivity index (χ3n) is 7.05. The summed E-state index contributed by atoms with van der Waals surface area (Å²) in [5.41, 5.74) is 3.35. The van der Waals surface area contributed by atoms with Crippen molar-refractivity contribution >= 4 is 28.6 Å². The zero-order valence-electron chi connectivity index (χ0n) is 19.6. The van der Waals surface area contributed by atoms with Crippen molar-refractivity contribution in [2.45, 2.75) is 24.7 Å². The van der Waals surface area contributed by atoms with E-state index < -0.39 is 36.0 Å². The van der Waals surface area contributed by atoms with Gasteiger partial charge in [0.2, 0.25) is 0 Å². The van der Waals surface area contributed by atoms with Crippen LogP contribution in [0, 0.1) is 0 Å². The van der Waals surface area contributed by atoms with Crippen LogP contribution in [0.4, 0.5) is 0 Å². The molecule has 0 unspecified atom stereocenters. The third-order valence-corrected chi connectivity index (χ3v) is 7.05. The van der Waals surface area contributed by atoms with Crippen molar-refractivity contribution in [3.63, 3.8) is 0 Å². The molecule has 0 aromatic heterocycles. The van der Waals surface area contributed by atoms with Crippen molar-refractivity contribution in [2.24, 2.45) is 0 Å². The number of carbonyl (C=O) groups is 3. The second-order valence-electron chi connectivity index (χ2n) is 9.04. The Kier molecular flexibility index (Phi) is 5.38. The van der Waals surface area contributed by atoms with Crippen LogP contribution in [-0.2, 0) is 20.7 Å². The molecule has 4 aromatic carbocycles. The van der Waals surface area contributed by atoms with Gasteiger partial charge >= 0.3 is 5.97 Å². The van der Waals surface area contributed by atoms with E-state index in [-0.39, 0.29) is 0 Å². The summed E-state index contributed by atoms with van der Waals surface area (Å²) >= 11 is 0. The summed E-state index contributed by atoms with van der Waals surface area (Å²) in [5.74, 6) is -1.34. The molecule has 0 spiro atoms. The molecular weight excluding hydrogens is 454 g/mol. The normalized spacial score (nSPS) is 19.3. The number of ether oxygens (including phenoxy) is 2. The lowest BCUT2D eigenvalue weighted by molar-refractivity contribution is -0.163. The highest BCUT2D eigenvalue weighted by Crippen LogP contribution is 2.42. The monoisotopic (exact) mass is 477 g/mol. The number of esters is 1. The fourth-order valence-electron chi connectivity index (χ4n) is 5.46. The quantitative estimate of drug-likeness (QED) is 0.298. The Morgan fingerprint density at radius 2 is 1.47 bits per heavy atom. The summed E-state index contributed by atoms with van der Waals surface area (Å²) in [6, 6.07) is 26.8. The molecule has 178 valence electrons. The Hall–Kier alpha value is -4.29. The number of amides is 2. The predicted molar refractivity (Wildman–Crippen MR) is 133 cm³/mol. The molecule has 1 aliphatic carbocycles. The van der Waals surface area contributed by atoms with Crippen molar-refractivity contribution in [3.05, 3.63) is 119 Å². The average Bonchev–Trinajstić information content (AvgIpc) is 3.26. The van der Waals surface area contributed by atoms with Crippen molar-refractivity contribution in [1.82, 2.24) is 4.90 Å². The van der Waals surface area contributed by atoms with Crippen LogP contribution in [0.3, 0.4) is 0 Å². The first-order valence-corrected chi connectivity index (χ1v) is 11.8. The van der Waals surface area contributed by atoms with Gasteiger partial charge in [0.15, 0.2) is 6.10 Å². The fraction of sp³-hybridized carbons (Fsp3) is 0.167. The zero-order valence-corrected chi connectivity index (χ0v) is 19.6. The Balaban J connectivity index is 1.40. The van der Waals surface area contributed by atoms with E-state index in [0.29, 0.717) is 28.5 Å². The number of fused-ring (bicyclic) bond motifs is 1. The number of imide groups is 1. The molecule has 0 N–H and O–H groups in total. The molecule has 0 radical (unpaired) electrons. The van der Waals surface area contributed by atoms with Gasteiger partial charge in [0, 0.05) is 30.0 Å². The number of rotatable bonds is 5. The molecule has 36 heavy (non-hydrogen) atoms. The van der Waals surface area contributed by atoms with Gasteiger partial charge in [-0.15, -0.1) is 0 Å². The molecule has 1 aliphatic heterocycles. The van der Waals surface area contributed by atoms with E-state index in [2.05, 4.69) is 0 Å². The first-order valence-electron chi connectivity index (χ1n) is 11.8. The largest absolute Gasteiger partial charge is 0.457 e. The molecule has 0 saturated carbocycles. The first-order chi connectivity index (χ1) is 17.6. The van der Waals surface area contributed by atoms with E-state index >= 15 is 0 Å².